The van der Waals surface area contributed by atoms with Crippen LogP contribution in [0, 0.1) is 0 Å². The molecule has 2 atom stereocenters. The number of anilines is 1. The zero-order chi connectivity index (χ0) is 19.9. The highest BCUT2D eigenvalue weighted by Crippen LogP contribution is 2.32. The molecule has 148 valence electrons. The number of amides is 2. The Hall–Kier alpha value is -3.02. The number of carbonyl (C=O) groups excluding carboxylic acids is 2. The van der Waals surface area contributed by atoms with E-state index in [9.17, 15) is 9.59 Å². The number of hydrogen-bond acceptors (Lipinski definition) is 4. The number of ether oxygens (including phenoxy) is 1. The average molecular weight is 381 g/mol. The van der Waals surface area contributed by atoms with E-state index in [0.717, 1.165) is 17.7 Å². The summed E-state index contributed by atoms with van der Waals surface area (Å²) < 4.78 is 5.87. The first-order chi connectivity index (χ1) is 13.6. The van der Waals surface area contributed by atoms with E-state index in [2.05, 4.69) is 10.6 Å². The summed E-state index contributed by atoms with van der Waals surface area (Å²) in [5, 5.41) is 5.90. The Morgan fingerprint density at radius 3 is 2.61 bits per heavy atom. The second kappa shape index (κ2) is 9.26. The van der Waals surface area contributed by atoms with Gasteiger partial charge < -0.3 is 20.3 Å². The van der Waals surface area contributed by atoms with Crippen molar-refractivity contribution in [2.75, 3.05) is 24.5 Å². The SMILES string of the molecule is CCCNC(=O)[C@@H]1CN(CC(=O)N[C@@H](C)c2ccccc2)c2ccccc2O1. The third kappa shape index (κ3) is 4.82. The highest BCUT2D eigenvalue weighted by Gasteiger charge is 2.31. The first-order valence-corrected chi connectivity index (χ1v) is 9.71. The van der Waals surface area contributed by atoms with Crippen LogP contribution >= 0.6 is 0 Å². The molecule has 2 amide bonds. The van der Waals surface area contributed by atoms with Gasteiger partial charge in [-0.25, -0.2) is 0 Å². The van der Waals surface area contributed by atoms with Crippen LogP contribution in [-0.4, -0.2) is 37.6 Å². The number of rotatable bonds is 7. The van der Waals surface area contributed by atoms with E-state index in [1.807, 2.05) is 73.3 Å². The zero-order valence-corrected chi connectivity index (χ0v) is 16.4. The van der Waals surface area contributed by atoms with Gasteiger partial charge in [-0.1, -0.05) is 49.4 Å². The maximum absolute atomic E-state index is 12.7. The van der Waals surface area contributed by atoms with Gasteiger partial charge in [0, 0.05) is 6.54 Å². The van der Waals surface area contributed by atoms with Gasteiger partial charge in [0.15, 0.2) is 6.10 Å². The summed E-state index contributed by atoms with van der Waals surface area (Å²) in [5.74, 6) is 0.370. The first kappa shape index (κ1) is 19.7. The molecular weight excluding hydrogens is 354 g/mol. The molecule has 0 aromatic heterocycles. The number of carbonyl (C=O) groups is 2. The van der Waals surface area contributed by atoms with Crippen molar-refractivity contribution in [3.8, 4) is 5.75 Å². The van der Waals surface area contributed by atoms with E-state index in [-0.39, 0.29) is 24.4 Å². The smallest absolute Gasteiger partial charge is 0.262 e. The molecule has 0 radical (unpaired) electrons. The van der Waals surface area contributed by atoms with E-state index < -0.39 is 6.10 Å². The van der Waals surface area contributed by atoms with E-state index in [4.69, 9.17) is 4.74 Å². The minimum Gasteiger partial charge on any atom is -0.477 e. The van der Waals surface area contributed by atoms with Crippen molar-refractivity contribution >= 4 is 17.5 Å². The first-order valence-electron chi connectivity index (χ1n) is 9.71. The maximum Gasteiger partial charge on any atom is 0.262 e. The van der Waals surface area contributed by atoms with E-state index in [1.165, 1.54) is 0 Å². The molecule has 2 N–H and O–H groups in total. The minimum absolute atomic E-state index is 0.0892. The summed E-state index contributed by atoms with van der Waals surface area (Å²) in [6.45, 7) is 5.06. The summed E-state index contributed by atoms with van der Waals surface area (Å²) in [7, 11) is 0. The highest BCUT2D eigenvalue weighted by atomic mass is 16.5. The van der Waals surface area contributed by atoms with E-state index in [0.29, 0.717) is 18.8 Å². The summed E-state index contributed by atoms with van der Waals surface area (Å²) >= 11 is 0. The Kier molecular flexibility index (Phi) is 6.53. The molecule has 6 nitrogen and oxygen atoms in total. The molecule has 0 spiro atoms. The van der Waals surface area contributed by atoms with E-state index >= 15 is 0 Å². The van der Waals surface area contributed by atoms with Crippen LogP contribution < -0.4 is 20.3 Å². The molecule has 1 heterocycles. The van der Waals surface area contributed by atoms with Crippen molar-refractivity contribution in [3.63, 3.8) is 0 Å². The molecule has 0 bridgehead atoms. The summed E-state index contributed by atoms with van der Waals surface area (Å²) in [5.41, 5.74) is 1.87. The van der Waals surface area contributed by atoms with Crippen molar-refractivity contribution in [2.24, 2.45) is 0 Å². The van der Waals surface area contributed by atoms with Crippen molar-refractivity contribution in [3.05, 3.63) is 60.2 Å². The van der Waals surface area contributed by atoms with Crippen LogP contribution in [0.3, 0.4) is 0 Å². The predicted octanol–water partition coefficient (Wildman–Crippen LogP) is 2.66. The topological polar surface area (TPSA) is 70.7 Å². The van der Waals surface area contributed by atoms with Gasteiger partial charge in [0.1, 0.15) is 5.75 Å². The van der Waals surface area contributed by atoms with Crippen molar-refractivity contribution in [2.45, 2.75) is 32.4 Å². The number of benzene rings is 2. The highest BCUT2D eigenvalue weighted by molar-refractivity contribution is 5.86. The molecule has 0 saturated carbocycles. The lowest BCUT2D eigenvalue weighted by molar-refractivity contribution is -0.128. The summed E-state index contributed by atoms with van der Waals surface area (Å²) in [4.78, 5) is 27.0. The van der Waals surface area contributed by atoms with Crippen LogP contribution in [0.1, 0.15) is 31.9 Å². The molecule has 6 heteroatoms. The second-order valence-corrected chi connectivity index (χ2v) is 6.95. The molecule has 0 saturated heterocycles. The van der Waals surface area contributed by atoms with Crippen LogP contribution in [0.5, 0.6) is 5.75 Å². The van der Waals surface area contributed by atoms with Gasteiger partial charge in [-0.15, -0.1) is 0 Å². The summed E-state index contributed by atoms with van der Waals surface area (Å²) in [6, 6.07) is 17.2. The van der Waals surface area contributed by atoms with Crippen LogP contribution in [0.4, 0.5) is 5.69 Å². The van der Waals surface area contributed by atoms with E-state index in [1.54, 1.807) is 0 Å². The number of hydrogen-bond donors (Lipinski definition) is 2. The molecule has 28 heavy (non-hydrogen) atoms. The molecule has 1 aliphatic rings. The number of nitrogens with one attached hydrogen (secondary N) is 2. The van der Waals surface area contributed by atoms with Gasteiger partial charge in [0.05, 0.1) is 24.8 Å². The number of nitrogens with zero attached hydrogens (tertiary/aromatic N) is 1. The normalized spacial score (nSPS) is 16.5. The lowest BCUT2D eigenvalue weighted by Gasteiger charge is -2.35. The molecule has 3 rings (SSSR count). The van der Waals surface area contributed by atoms with Gasteiger partial charge in [0.25, 0.3) is 5.91 Å². The monoisotopic (exact) mass is 381 g/mol. The van der Waals surface area contributed by atoms with Crippen LogP contribution in [0.25, 0.3) is 0 Å². The standard InChI is InChI=1S/C22H27N3O3/c1-3-13-23-22(27)20-14-25(18-11-7-8-12-19(18)28-20)15-21(26)24-16(2)17-9-5-4-6-10-17/h4-12,16,20H,3,13-15H2,1-2H3,(H,23,27)(H,24,26)/t16-,20-/m0/s1. The fourth-order valence-corrected chi connectivity index (χ4v) is 3.24. The number of fused-ring (bicyclic) bond motifs is 1. The van der Waals surface area contributed by atoms with Crippen molar-refractivity contribution < 1.29 is 14.3 Å². The average Bonchev–Trinajstić information content (AvgIpc) is 2.72. The molecular formula is C22H27N3O3. The van der Waals surface area contributed by atoms with Crippen LogP contribution in [-0.2, 0) is 9.59 Å². The van der Waals surface area contributed by atoms with Gasteiger partial charge in [-0.05, 0) is 31.0 Å². The van der Waals surface area contributed by atoms with Gasteiger partial charge in [0.2, 0.25) is 5.91 Å². The van der Waals surface area contributed by atoms with Crippen molar-refractivity contribution in [1.82, 2.24) is 10.6 Å². The van der Waals surface area contributed by atoms with Gasteiger partial charge in [-0.2, -0.15) is 0 Å². The Labute approximate surface area is 165 Å². The maximum atomic E-state index is 12.7. The second-order valence-electron chi connectivity index (χ2n) is 6.95. The van der Waals surface area contributed by atoms with Crippen LogP contribution in [0.15, 0.2) is 54.6 Å². The lowest BCUT2D eigenvalue weighted by Crippen LogP contribution is -2.51. The van der Waals surface area contributed by atoms with Crippen LogP contribution in [0.2, 0.25) is 0 Å². The molecule has 1 aliphatic heterocycles. The molecule has 0 fully saturated rings. The molecule has 2 aromatic carbocycles. The quantitative estimate of drug-likeness (QED) is 0.774. The summed E-state index contributed by atoms with van der Waals surface area (Å²) in [6.07, 6.45) is 0.222. The Balaban J connectivity index is 1.68. The lowest BCUT2D eigenvalue weighted by atomic mass is 10.1. The third-order valence-electron chi connectivity index (χ3n) is 4.71. The largest absolute Gasteiger partial charge is 0.477 e. The molecule has 0 unspecified atom stereocenters. The fourth-order valence-electron chi connectivity index (χ4n) is 3.24. The predicted molar refractivity (Wildman–Crippen MR) is 109 cm³/mol. The number of para-hydroxylation sites is 2. The Bertz CT molecular complexity index is 810. The molecule has 0 aliphatic carbocycles. The van der Waals surface area contributed by atoms with Crippen molar-refractivity contribution in [1.29, 1.82) is 0 Å². The Morgan fingerprint density at radius 1 is 1.14 bits per heavy atom. The zero-order valence-electron chi connectivity index (χ0n) is 16.4. The van der Waals surface area contributed by atoms with Gasteiger partial charge >= 0.3 is 0 Å². The Morgan fingerprint density at radius 2 is 1.86 bits per heavy atom. The minimum atomic E-state index is -0.638. The third-order valence-corrected chi connectivity index (χ3v) is 4.71. The fraction of sp³-hybridized carbons (Fsp3) is 0.364. The van der Waals surface area contributed by atoms with Gasteiger partial charge in [-0.3, -0.25) is 9.59 Å². The molecule has 2 aromatic rings.